The van der Waals surface area contributed by atoms with E-state index in [0.29, 0.717) is 0 Å². The molecule has 0 radical (unpaired) electrons. The predicted molar refractivity (Wildman–Crippen MR) is 305 cm³/mol. The molecule has 4 aromatic heterocycles. The zero-order chi connectivity index (χ0) is 48.3. The third-order valence-electron chi connectivity index (χ3n) is 16.4. The SMILES string of the molecule is CC(C)(C)c1ccc2c(c1)c1cc(C(C)(C)C)cc3c4cc(-c5cc6ccc7cc(-c8ccc9c(c8)c8cc(C(C)(C)C)cc%10c%11cc(C(C)(C)C)ccc%11n9c8%10)cc8ccc(c5)c6c78)ccc4n2c31. The second kappa shape index (κ2) is 13.4. The maximum absolute atomic E-state index is 2.53. The smallest absolute Gasteiger partial charge is 0.0620 e. The normalized spacial score (nSPS) is 13.7. The van der Waals surface area contributed by atoms with Gasteiger partial charge in [-0.15, -0.1) is 0 Å². The molecule has 0 atom stereocenters. The van der Waals surface area contributed by atoms with E-state index in [1.54, 1.807) is 0 Å². The summed E-state index contributed by atoms with van der Waals surface area (Å²) in [5.41, 5.74) is 18.5. The fraction of sp³-hybridized carbons (Fsp3) is 0.235. The van der Waals surface area contributed by atoms with Crippen molar-refractivity contribution in [2.75, 3.05) is 0 Å². The molecule has 0 spiro atoms. The van der Waals surface area contributed by atoms with Gasteiger partial charge in [-0.1, -0.05) is 132 Å². The van der Waals surface area contributed by atoms with Gasteiger partial charge >= 0.3 is 0 Å². The molecule has 10 aromatic carbocycles. The van der Waals surface area contributed by atoms with Crippen LogP contribution in [-0.2, 0) is 21.7 Å². The van der Waals surface area contributed by atoms with Gasteiger partial charge in [0.2, 0.25) is 0 Å². The summed E-state index contributed by atoms with van der Waals surface area (Å²) >= 11 is 0. The number of nitrogens with zero attached hydrogens (tertiary/aromatic N) is 2. The summed E-state index contributed by atoms with van der Waals surface area (Å²) in [6.45, 7) is 27.9. The Kier molecular flexibility index (Phi) is 7.98. The van der Waals surface area contributed by atoms with E-state index in [4.69, 9.17) is 0 Å². The lowest BCUT2D eigenvalue weighted by Crippen LogP contribution is -2.11. The second-order valence-corrected chi connectivity index (χ2v) is 25.2. The van der Waals surface area contributed by atoms with Crippen LogP contribution < -0.4 is 0 Å². The molecule has 14 rings (SSSR count). The molecule has 0 N–H and O–H groups in total. The molecule has 342 valence electrons. The molecule has 0 unspecified atom stereocenters. The van der Waals surface area contributed by atoms with Crippen molar-refractivity contribution >= 4 is 109 Å². The van der Waals surface area contributed by atoms with Crippen LogP contribution >= 0.6 is 0 Å². The first-order valence-corrected chi connectivity index (χ1v) is 25.5. The summed E-state index contributed by atoms with van der Waals surface area (Å²) in [6, 6.07) is 57.6. The monoisotopic (exact) mass is 904 g/mol. The van der Waals surface area contributed by atoms with Gasteiger partial charge < -0.3 is 8.80 Å². The largest absolute Gasteiger partial charge is 0.308 e. The summed E-state index contributed by atoms with van der Waals surface area (Å²) in [5.74, 6) is 0. The third kappa shape index (κ3) is 5.74. The summed E-state index contributed by atoms with van der Waals surface area (Å²) in [5, 5.41) is 18.6. The Morgan fingerprint density at radius 2 is 0.514 bits per heavy atom. The Balaban J connectivity index is 0.901. The van der Waals surface area contributed by atoms with Crippen LogP contribution in [0.25, 0.3) is 131 Å². The first-order chi connectivity index (χ1) is 33.2. The van der Waals surface area contributed by atoms with E-state index in [2.05, 4.69) is 237 Å². The van der Waals surface area contributed by atoms with Crippen molar-refractivity contribution in [3.8, 4) is 22.3 Å². The average molecular weight is 905 g/mol. The highest BCUT2D eigenvalue weighted by Gasteiger charge is 2.27. The molecule has 0 aliphatic carbocycles. The van der Waals surface area contributed by atoms with Crippen molar-refractivity contribution < 1.29 is 0 Å². The minimum atomic E-state index is 0.0177. The van der Waals surface area contributed by atoms with Crippen LogP contribution in [0, 0.1) is 0 Å². The van der Waals surface area contributed by atoms with E-state index in [1.807, 2.05) is 0 Å². The first-order valence-electron chi connectivity index (χ1n) is 25.5. The third-order valence-corrected chi connectivity index (χ3v) is 16.4. The summed E-state index contributed by atoms with van der Waals surface area (Å²) < 4.78 is 5.06. The number of hydrogen-bond acceptors (Lipinski definition) is 0. The van der Waals surface area contributed by atoms with Gasteiger partial charge in [0.05, 0.1) is 33.1 Å². The van der Waals surface area contributed by atoms with Crippen molar-refractivity contribution in [3.05, 3.63) is 168 Å². The molecule has 0 saturated carbocycles. The number of aromatic nitrogens is 2. The van der Waals surface area contributed by atoms with Crippen LogP contribution in [-0.4, -0.2) is 8.80 Å². The molecular weight excluding hydrogens is 845 g/mol. The fourth-order valence-electron chi connectivity index (χ4n) is 12.4. The zero-order valence-electron chi connectivity index (χ0n) is 42.8. The van der Waals surface area contributed by atoms with E-state index in [1.165, 1.54) is 153 Å². The first kappa shape index (κ1) is 41.8. The quantitative estimate of drug-likeness (QED) is 0.153. The van der Waals surface area contributed by atoms with Crippen molar-refractivity contribution in [1.29, 1.82) is 0 Å². The van der Waals surface area contributed by atoms with Crippen LogP contribution in [0.5, 0.6) is 0 Å². The van der Waals surface area contributed by atoms with Gasteiger partial charge in [0.1, 0.15) is 0 Å². The minimum absolute atomic E-state index is 0.0177. The van der Waals surface area contributed by atoms with E-state index >= 15 is 0 Å². The van der Waals surface area contributed by atoms with Gasteiger partial charge in [-0.05, 0) is 196 Å². The van der Waals surface area contributed by atoms with Gasteiger partial charge in [0.25, 0.3) is 0 Å². The highest BCUT2D eigenvalue weighted by atomic mass is 14.9. The van der Waals surface area contributed by atoms with Crippen LogP contribution in [0.15, 0.2) is 146 Å². The molecule has 14 aromatic rings. The molecular formula is C68H60N2. The molecule has 0 saturated heterocycles. The highest BCUT2D eigenvalue weighted by molar-refractivity contribution is 6.27. The molecule has 2 nitrogen and oxygen atoms in total. The van der Waals surface area contributed by atoms with Gasteiger partial charge in [-0.3, -0.25) is 0 Å². The molecule has 70 heavy (non-hydrogen) atoms. The van der Waals surface area contributed by atoms with Gasteiger partial charge in [-0.2, -0.15) is 0 Å². The lowest BCUT2D eigenvalue weighted by molar-refractivity contribution is 0.590. The Morgan fingerprint density at radius 1 is 0.243 bits per heavy atom. The van der Waals surface area contributed by atoms with E-state index < -0.39 is 0 Å². The van der Waals surface area contributed by atoms with Gasteiger partial charge in [0, 0.05) is 43.1 Å². The zero-order valence-corrected chi connectivity index (χ0v) is 42.8. The molecule has 0 bridgehead atoms. The maximum atomic E-state index is 2.53. The lowest BCUT2D eigenvalue weighted by Gasteiger charge is -2.20. The fourth-order valence-corrected chi connectivity index (χ4v) is 12.4. The van der Waals surface area contributed by atoms with Crippen LogP contribution in [0.2, 0.25) is 0 Å². The maximum Gasteiger partial charge on any atom is 0.0620 e. The Hall–Kier alpha value is -7.16. The number of rotatable bonds is 2. The van der Waals surface area contributed by atoms with Crippen molar-refractivity contribution in [2.24, 2.45) is 0 Å². The Labute approximate surface area is 410 Å². The lowest BCUT2D eigenvalue weighted by atomic mass is 9.84. The number of benzene rings is 10. The van der Waals surface area contributed by atoms with Crippen LogP contribution in [0.3, 0.4) is 0 Å². The van der Waals surface area contributed by atoms with Crippen LogP contribution in [0.1, 0.15) is 105 Å². The Bertz CT molecular complexity index is 4180. The Morgan fingerprint density at radius 3 is 0.814 bits per heavy atom. The molecule has 4 heterocycles. The van der Waals surface area contributed by atoms with Gasteiger partial charge in [0.15, 0.2) is 0 Å². The van der Waals surface area contributed by atoms with E-state index in [-0.39, 0.29) is 21.7 Å². The van der Waals surface area contributed by atoms with E-state index in [0.717, 1.165) is 0 Å². The molecule has 0 fully saturated rings. The van der Waals surface area contributed by atoms with E-state index in [9.17, 15) is 0 Å². The standard InChI is InChI=1S/C68H60N2/c1-65(2,3)45-19-23-59-51(31-45)55-35-47(67(7,8)9)33-53-49-29-37(17-21-57(49)69(59)63(53)55)43-25-39-13-15-41-27-44(28-42-16-14-40(26-43)61(39)62(41)42)38-18-22-58-50(30-38)54-34-48(68(10,11)12)36-56-52-32-46(66(4,5)6)20-24-60(52)70(58)64(54)56/h13-36H,1-12H3. The second-order valence-electron chi connectivity index (χ2n) is 25.2. The van der Waals surface area contributed by atoms with Crippen LogP contribution in [0.4, 0.5) is 0 Å². The molecule has 2 heteroatoms. The number of hydrogen-bond donors (Lipinski definition) is 0. The summed E-state index contributed by atoms with van der Waals surface area (Å²) in [6.07, 6.45) is 0. The molecule has 0 aliphatic heterocycles. The minimum Gasteiger partial charge on any atom is -0.308 e. The topological polar surface area (TPSA) is 8.82 Å². The summed E-state index contributed by atoms with van der Waals surface area (Å²) in [4.78, 5) is 0. The van der Waals surface area contributed by atoms with Crippen molar-refractivity contribution in [1.82, 2.24) is 8.80 Å². The summed E-state index contributed by atoms with van der Waals surface area (Å²) in [7, 11) is 0. The molecule has 0 aliphatic rings. The highest BCUT2D eigenvalue weighted by Crippen LogP contribution is 2.47. The molecule has 0 amide bonds. The van der Waals surface area contributed by atoms with Crippen molar-refractivity contribution in [2.45, 2.75) is 105 Å². The van der Waals surface area contributed by atoms with Crippen molar-refractivity contribution in [3.63, 3.8) is 0 Å². The number of fused-ring (bicyclic) bond motifs is 12. The average Bonchev–Trinajstić information content (AvgIpc) is 4.04. The predicted octanol–water partition coefficient (Wildman–Crippen LogP) is 19.4. The van der Waals surface area contributed by atoms with Gasteiger partial charge in [-0.25, -0.2) is 0 Å².